The zero-order valence-electron chi connectivity index (χ0n) is 8.71. The first-order valence-electron chi connectivity index (χ1n) is 4.68. The van der Waals surface area contributed by atoms with Gasteiger partial charge in [0.15, 0.2) is 5.82 Å². The van der Waals surface area contributed by atoms with Crippen LogP contribution in [0.15, 0.2) is 10.8 Å². The molecule has 0 aliphatic rings. The van der Waals surface area contributed by atoms with Crippen LogP contribution in [0.25, 0.3) is 0 Å². The monoisotopic (exact) mass is 223 g/mol. The van der Waals surface area contributed by atoms with Crippen molar-refractivity contribution in [2.45, 2.75) is 19.4 Å². The van der Waals surface area contributed by atoms with Crippen LogP contribution >= 0.6 is 11.3 Å². The van der Waals surface area contributed by atoms with Gasteiger partial charge < -0.3 is 5.73 Å². The van der Waals surface area contributed by atoms with E-state index in [1.165, 1.54) is 15.9 Å². The van der Waals surface area contributed by atoms with Gasteiger partial charge in [0.1, 0.15) is 0 Å². The van der Waals surface area contributed by atoms with E-state index in [2.05, 4.69) is 33.1 Å². The van der Waals surface area contributed by atoms with Crippen LogP contribution in [0, 0.1) is 6.92 Å². The van der Waals surface area contributed by atoms with E-state index >= 15 is 0 Å². The summed E-state index contributed by atoms with van der Waals surface area (Å²) in [6.45, 7) is 2.07. The first kappa shape index (κ1) is 10.3. The largest absolute Gasteiger partial charge is 0.324 e. The van der Waals surface area contributed by atoms with Crippen molar-refractivity contribution < 1.29 is 0 Å². The molecule has 0 aromatic carbocycles. The second-order valence-corrected chi connectivity index (χ2v) is 4.26. The topological polar surface area (TPSA) is 69.6 Å². The van der Waals surface area contributed by atoms with Crippen LogP contribution in [0.5, 0.6) is 0 Å². The molecule has 2 aromatic rings. The lowest BCUT2D eigenvalue weighted by Crippen LogP contribution is -2.14. The Morgan fingerprint density at radius 3 is 2.87 bits per heavy atom. The van der Waals surface area contributed by atoms with Gasteiger partial charge in [0, 0.05) is 12.5 Å². The molecule has 80 valence electrons. The second kappa shape index (κ2) is 4.08. The highest BCUT2D eigenvalue weighted by atomic mass is 32.1. The van der Waals surface area contributed by atoms with E-state index in [4.69, 9.17) is 5.73 Å². The van der Waals surface area contributed by atoms with Gasteiger partial charge in [-0.05, 0) is 34.0 Å². The standard InChI is InChI=1S/C9H13N5S/c1-6-4-15-5-7(6)8(10)3-9-11-13-14(2)12-9/h4-5,8H,3,10H2,1-2H3. The maximum absolute atomic E-state index is 6.07. The number of aryl methyl sites for hydroxylation is 2. The third-order valence-corrected chi connectivity index (χ3v) is 3.13. The zero-order chi connectivity index (χ0) is 10.8. The Labute approximate surface area is 91.9 Å². The van der Waals surface area contributed by atoms with E-state index in [0.717, 1.165) is 0 Å². The molecule has 2 rings (SSSR count). The molecule has 0 radical (unpaired) electrons. The van der Waals surface area contributed by atoms with Crippen LogP contribution in [0.4, 0.5) is 0 Å². The summed E-state index contributed by atoms with van der Waals surface area (Å²) in [6.07, 6.45) is 0.630. The molecule has 2 heterocycles. The summed E-state index contributed by atoms with van der Waals surface area (Å²) in [5, 5.41) is 16.0. The number of thiophene rings is 1. The normalized spacial score (nSPS) is 13.0. The van der Waals surface area contributed by atoms with Gasteiger partial charge in [-0.15, -0.1) is 10.2 Å². The predicted molar refractivity (Wildman–Crippen MR) is 58.5 cm³/mol. The maximum atomic E-state index is 6.07. The van der Waals surface area contributed by atoms with Crippen LogP contribution in [0.1, 0.15) is 23.0 Å². The van der Waals surface area contributed by atoms with Crippen LogP contribution in [-0.2, 0) is 13.5 Å². The average Bonchev–Trinajstić information content (AvgIpc) is 2.75. The predicted octanol–water partition coefficient (Wildman–Crippen LogP) is 0.823. The Kier molecular flexibility index (Phi) is 2.79. The lowest BCUT2D eigenvalue weighted by molar-refractivity contribution is 0.622. The molecule has 0 aliphatic carbocycles. The molecule has 15 heavy (non-hydrogen) atoms. The summed E-state index contributed by atoms with van der Waals surface area (Å²) in [4.78, 5) is 1.45. The molecule has 2 N–H and O–H groups in total. The van der Waals surface area contributed by atoms with Gasteiger partial charge in [0.05, 0.1) is 7.05 Å². The second-order valence-electron chi connectivity index (χ2n) is 3.52. The summed E-state index contributed by atoms with van der Waals surface area (Å²) in [5.74, 6) is 0.690. The molecule has 0 fully saturated rings. The van der Waals surface area contributed by atoms with E-state index in [1.807, 2.05) is 0 Å². The Balaban J connectivity index is 2.10. The maximum Gasteiger partial charge on any atom is 0.176 e. The van der Waals surface area contributed by atoms with Crippen molar-refractivity contribution >= 4 is 11.3 Å². The van der Waals surface area contributed by atoms with Crippen LogP contribution in [0.2, 0.25) is 0 Å². The molecule has 5 nitrogen and oxygen atoms in total. The van der Waals surface area contributed by atoms with Gasteiger partial charge in [0.2, 0.25) is 0 Å². The van der Waals surface area contributed by atoms with Crippen LogP contribution in [-0.4, -0.2) is 20.2 Å². The first-order valence-corrected chi connectivity index (χ1v) is 5.62. The zero-order valence-corrected chi connectivity index (χ0v) is 9.53. The molecule has 1 unspecified atom stereocenters. The number of nitrogens with two attached hydrogens (primary N) is 1. The van der Waals surface area contributed by atoms with Crippen molar-refractivity contribution in [1.82, 2.24) is 20.2 Å². The quantitative estimate of drug-likeness (QED) is 0.836. The lowest BCUT2D eigenvalue weighted by Gasteiger charge is -2.08. The summed E-state index contributed by atoms with van der Waals surface area (Å²) in [7, 11) is 1.75. The molecule has 0 saturated carbocycles. The fourth-order valence-corrected chi connectivity index (χ4v) is 2.38. The van der Waals surface area contributed by atoms with Crippen molar-refractivity contribution in [3.05, 3.63) is 27.7 Å². The van der Waals surface area contributed by atoms with E-state index < -0.39 is 0 Å². The number of hydrogen-bond acceptors (Lipinski definition) is 5. The highest BCUT2D eigenvalue weighted by Crippen LogP contribution is 2.21. The molecule has 0 spiro atoms. The van der Waals surface area contributed by atoms with Crippen LogP contribution in [0.3, 0.4) is 0 Å². The van der Waals surface area contributed by atoms with E-state index in [9.17, 15) is 0 Å². The van der Waals surface area contributed by atoms with E-state index in [1.54, 1.807) is 18.4 Å². The van der Waals surface area contributed by atoms with Gasteiger partial charge in [-0.1, -0.05) is 0 Å². The number of hydrogen-bond donors (Lipinski definition) is 1. The summed E-state index contributed by atoms with van der Waals surface area (Å²) < 4.78 is 0. The summed E-state index contributed by atoms with van der Waals surface area (Å²) >= 11 is 1.67. The van der Waals surface area contributed by atoms with E-state index in [-0.39, 0.29) is 6.04 Å². The Hall–Kier alpha value is -1.27. The molecule has 1 atom stereocenters. The summed E-state index contributed by atoms with van der Waals surface area (Å²) in [5.41, 5.74) is 8.48. The fraction of sp³-hybridized carbons (Fsp3) is 0.444. The number of aromatic nitrogens is 4. The van der Waals surface area contributed by atoms with Crippen molar-refractivity contribution in [1.29, 1.82) is 0 Å². The SMILES string of the molecule is Cc1cscc1C(N)Cc1nnn(C)n1. The highest BCUT2D eigenvalue weighted by molar-refractivity contribution is 7.08. The first-order chi connectivity index (χ1) is 7.16. The van der Waals surface area contributed by atoms with Gasteiger partial charge in [-0.25, -0.2) is 0 Å². The van der Waals surface area contributed by atoms with Crippen molar-refractivity contribution in [3.63, 3.8) is 0 Å². The average molecular weight is 223 g/mol. The molecule has 6 heteroatoms. The summed E-state index contributed by atoms with van der Waals surface area (Å²) in [6, 6.07) is -0.0413. The highest BCUT2D eigenvalue weighted by Gasteiger charge is 2.13. The minimum atomic E-state index is -0.0413. The lowest BCUT2D eigenvalue weighted by atomic mass is 10.0. The molecule has 0 aliphatic heterocycles. The minimum Gasteiger partial charge on any atom is -0.324 e. The minimum absolute atomic E-state index is 0.0413. The molecule has 0 bridgehead atoms. The molecule has 2 aromatic heterocycles. The van der Waals surface area contributed by atoms with Crippen LogP contribution < -0.4 is 5.73 Å². The molecular weight excluding hydrogens is 210 g/mol. The van der Waals surface area contributed by atoms with Gasteiger partial charge in [-0.2, -0.15) is 16.1 Å². The van der Waals surface area contributed by atoms with Crippen molar-refractivity contribution in [2.75, 3.05) is 0 Å². The van der Waals surface area contributed by atoms with Gasteiger partial charge >= 0.3 is 0 Å². The number of rotatable bonds is 3. The Morgan fingerprint density at radius 2 is 2.33 bits per heavy atom. The Morgan fingerprint density at radius 1 is 1.53 bits per heavy atom. The van der Waals surface area contributed by atoms with Gasteiger partial charge in [-0.3, -0.25) is 0 Å². The van der Waals surface area contributed by atoms with Crippen molar-refractivity contribution in [2.24, 2.45) is 12.8 Å². The van der Waals surface area contributed by atoms with Gasteiger partial charge in [0.25, 0.3) is 0 Å². The number of nitrogens with zero attached hydrogens (tertiary/aromatic N) is 4. The number of tetrazole rings is 1. The third-order valence-electron chi connectivity index (χ3n) is 2.25. The fourth-order valence-electron chi connectivity index (χ4n) is 1.46. The molecular formula is C9H13N5S. The molecule has 0 saturated heterocycles. The van der Waals surface area contributed by atoms with E-state index in [0.29, 0.717) is 12.2 Å². The molecule has 0 amide bonds. The Bertz CT molecular complexity index is 447. The van der Waals surface area contributed by atoms with Crippen molar-refractivity contribution in [3.8, 4) is 0 Å². The smallest absolute Gasteiger partial charge is 0.176 e. The third kappa shape index (κ3) is 2.21.